The van der Waals surface area contributed by atoms with Gasteiger partial charge in [-0.1, -0.05) is 24.3 Å². The second-order valence-electron chi connectivity index (χ2n) is 8.80. The second kappa shape index (κ2) is 9.25. The van der Waals surface area contributed by atoms with Gasteiger partial charge in [-0.3, -0.25) is 14.3 Å². The van der Waals surface area contributed by atoms with E-state index in [4.69, 9.17) is 5.14 Å². The summed E-state index contributed by atoms with van der Waals surface area (Å²) in [6, 6.07) is 15.5. The molecule has 0 radical (unpaired) electrons. The van der Waals surface area contributed by atoms with Crippen LogP contribution in [-0.2, 0) is 10.0 Å². The molecule has 0 bridgehead atoms. The zero-order valence-corrected chi connectivity index (χ0v) is 20.1. The highest BCUT2D eigenvalue weighted by Gasteiger charge is 2.36. The fourth-order valence-corrected chi connectivity index (χ4v) is 4.79. The molecule has 1 fully saturated rings. The highest BCUT2D eigenvalue weighted by Crippen LogP contribution is 2.39. The maximum Gasteiger partial charge on any atom is 0.251 e. The Morgan fingerprint density at radius 1 is 1.08 bits per heavy atom. The number of carbonyl (C=O) groups excluding carboxylic acids is 1. The third-order valence-corrected chi connectivity index (χ3v) is 7.10. The summed E-state index contributed by atoms with van der Waals surface area (Å²) in [5.41, 5.74) is 2.08. The number of para-hydroxylation sites is 1. The number of hydrogen-bond donors (Lipinski definition) is 2. The molecular weight excluding hydrogens is 483 g/mol. The van der Waals surface area contributed by atoms with Crippen LogP contribution in [0.2, 0.25) is 0 Å². The number of sulfonamides is 1. The van der Waals surface area contributed by atoms with E-state index in [1.165, 1.54) is 30.3 Å². The molecule has 0 unspecified atom stereocenters. The van der Waals surface area contributed by atoms with Crippen molar-refractivity contribution in [1.29, 1.82) is 0 Å². The first-order valence-electron chi connectivity index (χ1n) is 11.3. The lowest BCUT2D eigenvalue weighted by Gasteiger charge is -2.35. The highest BCUT2D eigenvalue weighted by atomic mass is 32.2. The van der Waals surface area contributed by atoms with Crippen LogP contribution in [0.1, 0.15) is 40.5 Å². The third kappa shape index (κ3) is 4.62. The summed E-state index contributed by atoms with van der Waals surface area (Å²) in [6.07, 6.45) is 2.85. The Morgan fingerprint density at radius 2 is 1.86 bits per heavy atom. The van der Waals surface area contributed by atoms with Gasteiger partial charge in [0.25, 0.3) is 5.91 Å². The van der Waals surface area contributed by atoms with Gasteiger partial charge in [0.1, 0.15) is 17.3 Å². The van der Waals surface area contributed by atoms with Gasteiger partial charge in [0, 0.05) is 23.7 Å². The molecule has 2 aromatic heterocycles. The molecule has 1 amide bonds. The summed E-state index contributed by atoms with van der Waals surface area (Å²) in [5, 5.41) is 16.8. The van der Waals surface area contributed by atoms with Crippen molar-refractivity contribution in [2.24, 2.45) is 5.14 Å². The molecule has 0 atom stereocenters. The van der Waals surface area contributed by atoms with Crippen molar-refractivity contribution in [3.05, 3.63) is 89.6 Å². The number of nitrogens with two attached hydrogens (primary N) is 1. The lowest BCUT2D eigenvalue weighted by atomic mass is 9.79. The van der Waals surface area contributed by atoms with E-state index in [0.717, 1.165) is 5.56 Å². The SMILES string of the molecule is Cc1ccc(-c2nnc(C3CC(NC(=O)c4cccc(S(N)(=O)=O)c4)C3)n2-c2ccccc2F)nc1. The summed E-state index contributed by atoms with van der Waals surface area (Å²) in [4.78, 5) is 17.0. The predicted octanol–water partition coefficient (Wildman–Crippen LogP) is 3.10. The van der Waals surface area contributed by atoms with Gasteiger partial charge in [0.2, 0.25) is 10.0 Å². The van der Waals surface area contributed by atoms with Crippen LogP contribution in [-0.4, -0.2) is 40.1 Å². The average Bonchev–Trinajstić information content (AvgIpc) is 3.25. The van der Waals surface area contributed by atoms with E-state index in [1.807, 2.05) is 19.1 Å². The number of aromatic nitrogens is 4. The average molecular weight is 507 g/mol. The van der Waals surface area contributed by atoms with Crippen molar-refractivity contribution >= 4 is 15.9 Å². The van der Waals surface area contributed by atoms with E-state index >= 15 is 0 Å². The zero-order valence-electron chi connectivity index (χ0n) is 19.3. The van der Waals surface area contributed by atoms with Crippen LogP contribution < -0.4 is 10.5 Å². The molecule has 0 saturated heterocycles. The second-order valence-corrected chi connectivity index (χ2v) is 10.4. The molecule has 0 aliphatic heterocycles. The monoisotopic (exact) mass is 506 g/mol. The number of aryl methyl sites for hydroxylation is 1. The first kappa shape index (κ1) is 23.8. The van der Waals surface area contributed by atoms with Gasteiger partial charge < -0.3 is 5.32 Å². The number of nitrogens with one attached hydrogen (secondary N) is 1. The van der Waals surface area contributed by atoms with Gasteiger partial charge in [0.15, 0.2) is 5.82 Å². The van der Waals surface area contributed by atoms with Crippen molar-refractivity contribution < 1.29 is 17.6 Å². The number of pyridine rings is 1. The molecule has 1 aliphatic carbocycles. The number of rotatable bonds is 6. The van der Waals surface area contributed by atoms with E-state index in [9.17, 15) is 17.6 Å². The van der Waals surface area contributed by atoms with E-state index in [0.29, 0.717) is 35.9 Å². The van der Waals surface area contributed by atoms with Crippen LogP contribution in [0.4, 0.5) is 4.39 Å². The molecule has 2 aromatic carbocycles. The third-order valence-electron chi connectivity index (χ3n) is 6.19. The fraction of sp³-hybridized carbons (Fsp3) is 0.200. The Morgan fingerprint density at radius 3 is 2.56 bits per heavy atom. The van der Waals surface area contributed by atoms with E-state index in [2.05, 4.69) is 20.5 Å². The van der Waals surface area contributed by atoms with Crippen molar-refractivity contribution in [1.82, 2.24) is 25.1 Å². The maximum absolute atomic E-state index is 14.8. The number of primary sulfonamides is 1. The summed E-state index contributed by atoms with van der Waals surface area (Å²) >= 11 is 0. The fourth-order valence-electron chi connectivity index (χ4n) is 4.23. The smallest absolute Gasteiger partial charge is 0.251 e. The van der Waals surface area contributed by atoms with Gasteiger partial charge in [-0.15, -0.1) is 10.2 Å². The molecule has 1 aliphatic rings. The number of amides is 1. The minimum absolute atomic E-state index is 0.0719. The topological polar surface area (TPSA) is 133 Å². The van der Waals surface area contributed by atoms with Crippen LogP contribution in [0.15, 0.2) is 71.8 Å². The molecule has 3 N–H and O–H groups in total. The van der Waals surface area contributed by atoms with E-state index in [-0.39, 0.29) is 22.4 Å². The van der Waals surface area contributed by atoms with Crippen molar-refractivity contribution in [3.8, 4) is 17.2 Å². The predicted molar refractivity (Wildman–Crippen MR) is 130 cm³/mol. The van der Waals surface area contributed by atoms with Crippen LogP contribution in [0.3, 0.4) is 0 Å². The molecule has 9 nitrogen and oxygen atoms in total. The van der Waals surface area contributed by atoms with Crippen LogP contribution >= 0.6 is 0 Å². The van der Waals surface area contributed by atoms with Gasteiger partial charge in [-0.05, 0) is 61.7 Å². The maximum atomic E-state index is 14.8. The molecule has 184 valence electrons. The highest BCUT2D eigenvalue weighted by molar-refractivity contribution is 7.89. The minimum Gasteiger partial charge on any atom is -0.349 e. The van der Waals surface area contributed by atoms with E-state index < -0.39 is 21.7 Å². The summed E-state index contributed by atoms with van der Waals surface area (Å²) in [6.45, 7) is 1.93. The number of nitrogens with zero attached hydrogens (tertiary/aromatic N) is 4. The normalized spacial score (nSPS) is 17.4. The van der Waals surface area contributed by atoms with Crippen LogP contribution in [0.5, 0.6) is 0 Å². The van der Waals surface area contributed by atoms with Crippen LogP contribution in [0, 0.1) is 12.7 Å². The Hall–Kier alpha value is -3.96. The lowest BCUT2D eigenvalue weighted by Crippen LogP contribution is -2.44. The molecule has 2 heterocycles. The molecule has 36 heavy (non-hydrogen) atoms. The number of carbonyl (C=O) groups is 1. The molecule has 5 rings (SSSR count). The number of halogens is 1. The Labute approximate surface area is 207 Å². The molecule has 11 heteroatoms. The number of hydrogen-bond acceptors (Lipinski definition) is 6. The number of benzene rings is 2. The Balaban J connectivity index is 1.38. The van der Waals surface area contributed by atoms with Crippen LogP contribution in [0.25, 0.3) is 17.2 Å². The Kier molecular flexibility index (Phi) is 6.10. The Bertz CT molecular complexity index is 1550. The minimum atomic E-state index is -3.92. The molecule has 1 saturated carbocycles. The summed E-state index contributed by atoms with van der Waals surface area (Å²) in [5.74, 6) is 0.133. The van der Waals surface area contributed by atoms with Crippen molar-refractivity contribution in [3.63, 3.8) is 0 Å². The molecular formula is C25H23FN6O3S. The summed E-state index contributed by atoms with van der Waals surface area (Å²) < 4.78 is 39.7. The van der Waals surface area contributed by atoms with Gasteiger partial charge in [0.05, 0.1) is 10.6 Å². The summed E-state index contributed by atoms with van der Waals surface area (Å²) in [7, 11) is -3.92. The molecule has 4 aromatic rings. The standard InChI is InChI=1S/C25H23FN6O3S/c1-15-9-10-21(28-14-15)24-31-30-23(32(24)22-8-3-2-7-20(22)26)17-11-18(12-17)29-25(33)16-5-4-6-19(13-16)36(27,34)35/h2-10,13-14,17-18H,11-12H2,1H3,(H,29,33)(H2,27,34,35). The van der Waals surface area contributed by atoms with Crippen molar-refractivity contribution in [2.75, 3.05) is 0 Å². The molecule has 0 spiro atoms. The van der Waals surface area contributed by atoms with E-state index in [1.54, 1.807) is 29.0 Å². The zero-order chi connectivity index (χ0) is 25.4. The van der Waals surface area contributed by atoms with Crippen molar-refractivity contribution in [2.45, 2.75) is 36.6 Å². The first-order valence-corrected chi connectivity index (χ1v) is 12.8. The quantitative estimate of drug-likeness (QED) is 0.413. The van der Waals surface area contributed by atoms with Gasteiger partial charge >= 0.3 is 0 Å². The van der Waals surface area contributed by atoms with Gasteiger partial charge in [-0.2, -0.15) is 0 Å². The lowest BCUT2D eigenvalue weighted by molar-refractivity contribution is 0.0907. The van der Waals surface area contributed by atoms with Gasteiger partial charge in [-0.25, -0.2) is 17.9 Å². The first-order chi connectivity index (χ1) is 17.2. The largest absolute Gasteiger partial charge is 0.349 e.